The number of nitrogens with zero attached hydrogens (tertiary/aromatic N) is 3. The summed E-state index contributed by atoms with van der Waals surface area (Å²) in [5.74, 6) is 1.01. The van der Waals surface area contributed by atoms with Crippen LogP contribution in [-0.2, 0) is 37.3 Å². The zero-order valence-corrected chi connectivity index (χ0v) is 31.2. The van der Waals surface area contributed by atoms with Crippen LogP contribution in [0.1, 0.15) is 77.6 Å². The molecule has 0 unspecified atom stereocenters. The van der Waals surface area contributed by atoms with Gasteiger partial charge in [-0.3, -0.25) is 4.98 Å². The molecule has 0 spiro atoms. The predicted octanol–water partition coefficient (Wildman–Crippen LogP) is 11.2. The number of rotatable bonds is 3. The maximum Gasteiger partial charge on any atom is 0.140 e. The molecule has 246 valence electrons. The van der Waals surface area contributed by atoms with Crippen LogP contribution in [0.15, 0.2) is 103 Å². The van der Waals surface area contributed by atoms with Crippen molar-refractivity contribution in [1.82, 2.24) is 9.97 Å². The second kappa shape index (κ2) is 12.0. The van der Waals surface area contributed by atoms with Crippen molar-refractivity contribution in [1.29, 1.82) is 0 Å². The van der Waals surface area contributed by atoms with E-state index in [0.717, 1.165) is 50.5 Å². The van der Waals surface area contributed by atoms with Crippen LogP contribution in [0.4, 0.5) is 17.2 Å². The SMILES string of the molecule is CC(C)(C)c1ccc(-c2ccc(N3c4[c-]c(-c5ccc6c(C(C)(C)C)ccc(O)c6n5)ccc4C(C)(C)c4ccccc43)nc2)cc1.[Pt]. The van der Waals surface area contributed by atoms with Gasteiger partial charge in [-0.2, -0.15) is 0 Å². The molecule has 1 N–H and O–H groups in total. The van der Waals surface area contributed by atoms with Gasteiger partial charge >= 0.3 is 0 Å². The molecule has 6 aromatic rings. The first kappa shape index (κ1) is 33.6. The van der Waals surface area contributed by atoms with Crippen molar-refractivity contribution in [2.75, 3.05) is 4.90 Å². The summed E-state index contributed by atoms with van der Waals surface area (Å²) in [7, 11) is 0. The molecule has 1 aliphatic rings. The van der Waals surface area contributed by atoms with Gasteiger partial charge in [0.15, 0.2) is 0 Å². The average Bonchev–Trinajstić information content (AvgIpc) is 3.04. The average molecular weight is 812 g/mol. The Kier molecular flexibility index (Phi) is 8.41. The number of pyridine rings is 2. The number of aromatic nitrogens is 2. The molecule has 4 nitrogen and oxygen atoms in total. The first-order valence-electron chi connectivity index (χ1n) is 16.4. The van der Waals surface area contributed by atoms with Gasteiger partial charge in [-0.1, -0.05) is 122 Å². The Morgan fingerprint density at radius 2 is 1.42 bits per heavy atom. The summed E-state index contributed by atoms with van der Waals surface area (Å²) in [5.41, 5.74) is 11.2. The molecular weight excluding hydrogens is 770 g/mol. The molecule has 0 amide bonds. The van der Waals surface area contributed by atoms with Crippen molar-refractivity contribution in [2.24, 2.45) is 0 Å². The summed E-state index contributed by atoms with van der Waals surface area (Å²) >= 11 is 0. The number of aromatic hydroxyl groups is 1. The maximum absolute atomic E-state index is 10.9. The van der Waals surface area contributed by atoms with Gasteiger partial charge in [-0.25, -0.2) is 4.98 Å². The summed E-state index contributed by atoms with van der Waals surface area (Å²) in [4.78, 5) is 12.3. The Labute approximate surface area is 299 Å². The number of fused-ring (bicyclic) bond motifs is 3. The third-order valence-electron chi connectivity index (χ3n) is 9.62. The molecule has 0 aliphatic carbocycles. The summed E-state index contributed by atoms with van der Waals surface area (Å²) in [6.07, 6.45) is 1.97. The fourth-order valence-corrected chi connectivity index (χ4v) is 6.87. The van der Waals surface area contributed by atoms with E-state index in [1.54, 1.807) is 6.07 Å². The number of benzene rings is 4. The molecule has 1 aliphatic heterocycles. The van der Waals surface area contributed by atoms with Crippen molar-refractivity contribution in [3.63, 3.8) is 0 Å². The van der Waals surface area contributed by atoms with E-state index < -0.39 is 0 Å². The van der Waals surface area contributed by atoms with Crippen LogP contribution in [0.25, 0.3) is 33.3 Å². The Balaban J connectivity index is 0.00000401. The molecule has 0 bridgehead atoms. The minimum Gasteiger partial charge on any atom is -0.506 e. The van der Waals surface area contributed by atoms with Crippen molar-refractivity contribution in [3.8, 4) is 28.1 Å². The van der Waals surface area contributed by atoms with Gasteiger partial charge in [0.05, 0.1) is 0 Å². The van der Waals surface area contributed by atoms with Gasteiger partial charge in [0.1, 0.15) is 17.1 Å². The normalized spacial score (nSPS) is 13.9. The molecule has 0 saturated carbocycles. The van der Waals surface area contributed by atoms with Gasteiger partial charge in [0.2, 0.25) is 0 Å². The Hall–Kier alpha value is -4.27. The van der Waals surface area contributed by atoms with Crippen molar-refractivity contribution in [3.05, 3.63) is 132 Å². The topological polar surface area (TPSA) is 49.2 Å². The van der Waals surface area contributed by atoms with Crippen LogP contribution in [0.3, 0.4) is 0 Å². The summed E-state index contributed by atoms with van der Waals surface area (Å²) in [6, 6.07) is 37.6. The van der Waals surface area contributed by atoms with Crippen LogP contribution in [0.5, 0.6) is 5.75 Å². The molecule has 0 atom stereocenters. The van der Waals surface area contributed by atoms with E-state index in [1.165, 1.54) is 16.7 Å². The number of hydrogen-bond donors (Lipinski definition) is 1. The second-order valence-electron chi connectivity index (χ2n) is 15.3. The minimum absolute atomic E-state index is 0. The monoisotopic (exact) mass is 811 g/mol. The molecule has 0 radical (unpaired) electrons. The van der Waals surface area contributed by atoms with Crippen LogP contribution < -0.4 is 4.90 Å². The molecule has 4 aromatic carbocycles. The number of para-hydroxylation sites is 1. The minimum atomic E-state index is -0.247. The number of anilines is 3. The Morgan fingerprint density at radius 3 is 2.08 bits per heavy atom. The Morgan fingerprint density at radius 1 is 0.708 bits per heavy atom. The number of phenolic OH excluding ortho intramolecular Hbond substituents is 1. The molecule has 0 saturated heterocycles. The van der Waals surface area contributed by atoms with E-state index in [1.807, 2.05) is 18.3 Å². The van der Waals surface area contributed by atoms with Crippen molar-refractivity contribution in [2.45, 2.75) is 71.6 Å². The zero-order valence-electron chi connectivity index (χ0n) is 28.9. The summed E-state index contributed by atoms with van der Waals surface area (Å²) in [5, 5.41) is 11.8. The molecule has 5 heteroatoms. The van der Waals surface area contributed by atoms with Gasteiger partial charge in [0.25, 0.3) is 0 Å². The largest absolute Gasteiger partial charge is 0.506 e. The predicted molar refractivity (Wildman–Crippen MR) is 195 cm³/mol. The van der Waals surface area contributed by atoms with Gasteiger partial charge in [-0.15, -0.1) is 23.8 Å². The van der Waals surface area contributed by atoms with Crippen LogP contribution in [0, 0.1) is 6.07 Å². The molecule has 7 rings (SSSR count). The van der Waals surface area contributed by atoms with Crippen LogP contribution >= 0.6 is 0 Å². The first-order chi connectivity index (χ1) is 22.2. The molecule has 2 aromatic heterocycles. The first-order valence-corrected chi connectivity index (χ1v) is 16.4. The third kappa shape index (κ3) is 5.75. The quantitative estimate of drug-likeness (QED) is 0.181. The Bertz CT molecular complexity index is 2140. The second-order valence-corrected chi connectivity index (χ2v) is 15.3. The maximum atomic E-state index is 10.9. The third-order valence-corrected chi connectivity index (χ3v) is 9.62. The van der Waals surface area contributed by atoms with E-state index in [4.69, 9.17) is 9.97 Å². The van der Waals surface area contributed by atoms with E-state index in [2.05, 4.69) is 145 Å². The smallest absolute Gasteiger partial charge is 0.140 e. The van der Waals surface area contributed by atoms with E-state index in [9.17, 15) is 5.11 Å². The molecular formula is C43H42N3OPt-. The molecule has 0 fully saturated rings. The van der Waals surface area contributed by atoms with Crippen molar-refractivity contribution >= 4 is 28.1 Å². The van der Waals surface area contributed by atoms with Crippen LogP contribution in [0.2, 0.25) is 0 Å². The van der Waals surface area contributed by atoms with Gasteiger partial charge in [0, 0.05) is 43.9 Å². The summed E-state index contributed by atoms with van der Waals surface area (Å²) in [6.45, 7) is 17.8. The number of phenols is 1. The molecule has 3 heterocycles. The van der Waals surface area contributed by atoms with E-state index in [0.29, 0.717) is 5.52 Å². The standard InChI is InChI=1S/C43H42N3O.Pt/c1-41(2,3)30-17-13-27(14-18-30)29-16-24-39(44-26-29)46-36-12-10-9-11-33(36)43(7,8)34-20-15-28(25-37(34)46)35-22-19-31-32(42(4,5)6)21-23-38(47)40(31)45-35;/h9-24,26,47H,1-8H3;/q-1;. The summed E-state index contributed by atoms with van der Waals surface area (Å²) < 4.78 is 0. The van der Waals surface area contributed by atoms with E-state index >= 15 is 0 Å². The zero-order chi connectivity index (χ0) is 33.3. The van der Waals surface area contributed by atoms with Gasteiger partial charge < -0.3 is 10.0 Å². The molecule has 48 heavy (non-hydrogen) atoms. The van der Waals surface area contributed by atoms with Gasteiger partial charge in [-0.05, 0) is 74.1 Å². The van der Waals surface area contributed by atoms with E-state index in [-0.39, 0.29) is 43.1 Å². The fraction of sp³-hybridized carbons (Fsp3) is 0.256. The number of hydrogen-bond acceptors (Lipinski definition) is 4. The fourth-order valence-electron chi connectivity index (χ4n) is 6.87. The van der Waals surface area contributed by atoms with Crippen molar-refractivity contribution < 1.29 is 26.2 Å². The van der Waals surface area contributed by atoms with Crippen LogP contribution in [-0.4, -0.2) is 15.1 Å².